The van der Waals surface area contributed by atoms with E-state index in [-0.39, 0.29) is 10.6 Å². The molecule has 1 spiro atoms. The van der Waals surface area contributed by atoms with Crippen molar-refractivity contribution in [2.24, 2.45) is 7.05 Å². The van der Waals surface area contributed by atoms with E-state index in [1.165, 1.54) is 10.6 Å². The van der Waals surface area contributed by atoms with Crippen LogP contribution in [0.1, 0.15) is 18.5 Å². The standard InChI is InChI=1S/C19H20ClN5O2S/c1-23-12-18(21-13-23)28(26,27)24-9-6-19(7-10-24)17-3-2-8-25(17)16-11-14(20)4-5-15(16)22-19/h2-5,8,11-13,22H,6-7,9-10H2,1H3. The van der Waals surface area contributed by atoms with E-state index in [4.69, 9.17) is 11.6 Å². The lowest BCUT2D eigenvalue weighted by Crippen LogP contribution is -2.51. The lowest BCUT2D eigenvalue weighted by atomic mass is 9.83. The average molecular weight is 418 g/mol. The van der Waals surface area contributed by atoms with Crippen molar-refractivity contribution in [3.05, 3.63) is 59.8 Å². The molecular formula is C19H20ClN5O2S. The molecule has 5 rings (SSSR count). The number of aryl methyl sites for hydroxylation is 1. The van der Waals surface area contributed by atoms with Crippen LogP contribution < -0.4 is 5.32 Å². The van der Waals surface area contributed by atoms with Gasteiger partial charge in [-0.05, 0) is 43.2 Å². The first-order valence-corrected chi connectivity index (χ1v) is 10.9. The second-order valence-corrected chi connectivity index (χ2v) is 9.73. The lowest BCUT2D eigenvalue weighted by Gasteiger charge is -2.45. The van der Waals surface area contributed by atoms with Crippen LogP contribution in [0, 0.1) is 0 Å². The largest absolute Gasteiger partial charge is 0.372 e. The first-order chi connectivity index (χ1) is 13.4. The van der Waals surface area contributed by atoms with E-state index in [1.54, 1.807) is 17.8 Å². The van der Waals surface area contributed by atoms with Crippen LogP contribution in [0.3, 0.4) is 0 Å². The molecule has 1 fully saturated rings. The molecule has 0 atom stereocenters. The summed E-state index contributed by atoms with van der Waals surface area (Å²) in [4.78, 5) is 4.03. The quantitative estimate of drug-likeness (QED) is 0.695. The van der Waals surface area contributed by atoms with E-state index in [0.717, 1.165) is 17.1 Å². The fraction of sp³-hybridized carbons (Fsp3) is 0.316. The van der Waals surface area contributed by atoms with Gasteiger partial charge in [-0.25, -0.2) is 13.4 Å². The van der Waals surface area contributed by atoms with Gasteiger partial charge in [-0.3, -0.25) is 0 Å². The highest BCUT2D eigenvalue weighted by Crippen LogP contribution is 2.44. The molecular weight excluding hydrogens is 398 g/mol. The molecule has 7 nitrogen and oxygen atoms in total. The van der Waals surface area contributed by atoms with Gasteiger partial charge >= 0.3 is 0 Å². The van der Waals surface area contributed by atoms with Gasteiger partial charge in [0.15, 0.2) is 5.03 Å². The molecule has 0 amide bonds. The van der Waals surface area contributed by atoms with Gasteiger partial charge in [0.05, 0.1) is 23.2 Å². The predicted molar refractivity (Wildman–Crippen MR) is 107 cm³/mol. The summed E-state index contributed by atoms with van der Waals surface area (Å²) in [5, 5.41) is 4.47. The number of hydrogen-bond acceptors (Lipinski definition) is 4. The SMILES string of the molecule is Cn1cnc(S(=O)(=O)N2CCC3(CC2)Nc2ccc(Cl)cc2-n2cccc23)c1. The van der Waals surface area contributed by atoms with Crippen molar-refractivity contribution < 1.29 is 8.42 Å². The topological polar surface area (TPSA) is 72.2 Å². The second kappa shape index (κ2) is 6.10. The summed E-state index contributed by atoms with van der Waals surface area (Å²) in [7, 11) is -1.81. The number of aromatic nitrogens is 3. The third-order valence-electron chi connectivity index (χ3n) is 5.69. The van der Waals surface area contributed by atoms with Crippen LogP contribution in [0.4, 0.5) is 5.69 Å². The molecule has 0 saturated carbocycles. The Morgan fingerprint density at radius 1 is 1.21 bits per heavy atom. The Balaban J connectivity index is 1.46. The minimum Gasteiger partial charge on any atom is -0.372 e. The van der Waals surface area contributed by atoms with Crippen LogP contribution in [0.5, 0.6) is 0 Å². The fourth-order valence-corrected chi connectivity index (χ4v) is 5.83. The molecule has 2 aliphatic rings. The maximum absolute atomic E-state index is 12.9. The zero-order valence-electron chi connectivity index (χ0n) is 15.3. The van der Waals surface area contributed by atoms with Crippen molar-refractivity contribution >= 4 is 27.3 Å². The number of imidazole rings is 1. The number of piperidine rings is 1. The van der Waals surface area contributed by atoms with Crippen LogP contribution >= 0.6 is 11.6 Å². The van der Waals surface area contributed by atoms with Crippen LogP contribution in [0.25, 0.3) is 5.69 Å². The van der Waals surface area contributed by atoms with Crippen LogP contribution in [0.15, 0.2) is 54.1 Å². The normalized spacial score (nSPS) is 18.5. The van der Waals surface area contributed by atoms with Crippen molar-refractivity contribution in [3.8, 4) is 5.69 Å². The first kappa shape index (κ1) is 17.8. The summed E-state index contributed by atoms with van der Waals surface area (Å²) in [6, 6.07) is 9.92. The third kappa shape index (κ3) is 2.59. The highest BCUT2D eigenvalue weighted by atomic mass is 35.5. The third-order valence-corrected chi connectivity index (χ3v) is 7.71. The van der Waals surface area contributed by atoms with Crippen molar-refractivity contribution in [2.45, 2.75) is 23.4 Å². The van der Waals surface area contributed by atoms with Crippen molar-refractivity contribution in [1.82, 2.24) is 18.4 Å². The summed E-state index contributed by atoms with van der Waals surface area (Å²) < 4.78 is 31.2. The van der Waals surface area contributed by atoms with Gasteiger partial charge in [0.1, 0.15) is 0 Å². The smallest absolute Gasteiger partial charge is 0.262 e. The van der Waals surface area contributed by atoms with E-state index in [1.807, 2.05) is 30.5 Å². The Kier molecular flexibility index (Phi) is 3.88. The van der Waals surface area contributed by atoms with E-state index in [2.05, 4.69) is 20.9 Å². The molecule has 2 aromatic heterocycles. The van der Waals surface area contributed by atoms with E-state index in [0.29, 0.717) is 31.0 Å². The molecule has 28 heavy (non-hydrogen) atoms. The molecule has 1 aromatic carbocycles. The number of sulfonamides is 1. The van der Waals surface area contributed by atoms with Crippen molar-refractivity contribution in [3.63, 3.8) is 0 Å². The summed E-state index contributed by atoms with van der Waals surface area (Å²) >= 11 is 6.19. The predicted octanol–water partition coefficient (Wildman–Crippen LogP) is 2.97. The van der Waals surface area contributed by atoms with Gasteiger partial charge in [-0.2, -0.15) is 4.31 Å². The second-order valence-electron chi connectivity index (χ2n) is 7.41. The number of anilines is 1. The molecule has 0 radical (unpaired) electrons. The molecule has 0 unspecified atom stereocenters. The number of fused-ring (bicyclic) bond motifs is 4. The zero-order chi connectivity index (χ0) is 19.5. The Morgan fingerprint density at radius 3 is 2.71 bits per heavy atom. The van der Waals surface area contributed by atoms with Gasteiger partial charge in [-0.1, -0.05) is 11.6 Å². The molecule has 1 N–H and O–H groups in total. The summed E-state index contributed by atoms with van der Waals surface area (Å²) in [5.41, 5.74) is 2.86. The molecule has 0 aliphatic carbocycles. The molecule has 1 saturated heterocycles. The van der Waals surface area contributed by atoms with Gasteiger partial charge in [0.25, 0.3) is 10.0 Å². The monoisotopic (exact) mass is 417 g/mol. The van der Waals surface area contributed by atoms with Crippen LogP contribution in [0.2, 0.25) is 5.02 Å². The maximum atomic E-state index is 12.9. The van der Waals surface area contributed by atoms with Crippen LogP contribution in [-0.2, 0) is 22.6 Å². The number of hydrogen-bond donors (Lipinski definition) is 1. The minimum atomic E-state index is -3.58. The Hall–Kier alpha value is -2.29. The average Bonchev–Trinajstić information content (AvgIpc) is 3.33. The number of nitrogens with zero attached hydrogens (tertiary/aromatic N) is 4. The van der Waals surface area contributed by atoms with E-state index < -0.39 is 10.0 Å². The Labute approximate surface area is 168 Å². The first-order valence-electron chi connectivity index (χ1n) is 9.13. The van der Waals surface area contributed by atoms with Gasteiger partial charge in [0.2, 0.25) is 0 Å². The molecule has 4 heterocycles. The van der Waals surface area contributed by atoms with Gasteiger partial charge in [0, 0.05) is 43.2 Å². The molecule has 2 aliphatic heterocycles. The summed E-state index contributed by atoms with van der Waals surface area (Å²) in [6.45, 7) is 0.861. The Morgan fingerprint density at radius 2 is 2.00 bits per heavy atom. The molecule has 3 aromatic rings. The maximum Gasteiger partial charge on any atom is 0.262 e. The highest BCUT2D eigenvalue weighted by molar-refractivity contribution is 7.89. The Bertz CT molecular complexity index is 1160. The number of rotatable bonds is 2. The molecule has 9 heteroatoms. The molecule has 146 valence electrons. The van der Waals surface area contributed by atoms with E-state index >= 15 is 0 Å². The zero-order valence-corrected chi connectivity index (χ0v) is 16.9. The fourth-order valence-electron chi connectivity index (χ4n) is 4.26. The van der Waals surface area contributed by atoms with Crippen LogP contribution in [-0.4, -0.2) is 39.9 Å². The van der Waals surface area contributed by atoms with E-state index in [9.17, 15) is 8.42 Å². The van der Waals surface area contributed by atoms with Gasteiger partial charge < -0.3 is 14.5 Å². The number of benzene rings is 1. The lowest BCUT2D eigenvalue weighted by molar-refractivity contribution is 0.247. The minimum absolute atomic E-state index is 0.103. The summed E-state index contributed by atoms with van der Waals surface area (Å²) in [6.07, 6.45) is 6.43. The number of halogens is 1. The van der Waals surface area contributed by atoms with Crippen molar-refractivity contribution in [1.29, 1.82) is 0 Å². The van der Waals surface area contributed by atoms with Gasteiger partial charge in [-0.15, -0.1) is 0 Å². The molecule has 0 bridgehead atoms. The van der Waals surface area contributed by atoms with Crippen molar-refractivity contribution in [2.75, 3.05) is 18.4 Å². The number of nitrogens with one attached hydrogen (secondary N) is 1. The summed E-state index contributed by atoms with van der Waals surface area (Å²) in [5.74, 6) is 0. The highest BCUT2D eigenvalue weighted by Gasteiger charge is 2.44.